The topological polar surface area (TPSA) is 116 Å². The second-order valence-electron chi connectivity index (χ2n) is 8.39. The molecule has 11 heteroatoms. The summed E-state index contributed by atoms with van der Waals surface area (Å²) in [6.07, 6.45) is 10.0. The van der Waals surface area contributed by atoms with Crippen molar-refractivity contribution in [2.24, 2.45) is 0 Å². The smallest absolute Gasteiger partial charge is 1.00 e. The standard InChI is InChI=1S/C21H27N5O4S.Na.H/c27-21(24-20-18-5-1-3-14(18)11-15-4-2-6-19(15)20)25-31(28,29)26(17-12-22-23-13-17)16-7-9-30-10-8-16;;/h11-13,16H,1-10H2,(H,22,23)(H2,24,25,27);;/q;+1;-1. The predicted molar refractivity (Wildman–Crippen MR) is 118 cm³/mol. The second-order valence-corrected chi connectivity index (χ2v) is 9.94. The Kier molecular flexibility index (Phi) is 7.16. The van der Waals surface area contributed by atoms with Crippen LogP contribution in [0.5, 0.6) is 0 Å². The minimum Gasteiger partial charge on any atom is -1.00 e. The molecule has 2 aliphatic carbocycles. The zero-order chi connectivity index (χ0) is 21.4. The molecule has 2 aromatic rings. The van der Waals surface area contributed by atoms with E-state index in [-0.39, 0.29) is 37.0 Å². The summed E-state index contributed by atoms with van der Waals surface area (Å²) >= 11 is 0. The number of hydrogen-bond donors (Lipinski definition) is 3. The molecule has 1 fully saturated rings. The summed E-state index contributed by atoms with van der Waals surface area (Å²) in [6.45, 7) is 0.950. The van der Waals surface area contributed by atoms with Gasteiger partial charge in [0.1, 0.15) is 0 Å². The van der Waals surface area contributed by atoms with E-state index in [9.17, 15) is 13.2 Å². The van der Waals surface area contributed by atoms with Gasteiger partial charge >= 0.3 is 45.8 Å². The number of rotatable bonds is 5. The molecule has 0 unspecified atom stereocenters. The van der Waals surface area contributed by atoms with Gasteiger partial charge in [0.05, 0.1) is 17.9 Å². The fraction of sp³-hybridized carbons (Fsp3) is 0.524. The van der Waals surface area contributed by atoms with E-state index in [1.54, 1.807) is 0 Å². The molecule has 9 nitrogen and oxygen atoms in total. The van der Waals surface area contributed by atoms with Crippen LogP contribution >= 0.6 is 0 Å². The number of urea groups is 1. The van der Waals surface area contributed by atoms with E-state index in [2.05, 4.69) is 26.3 Å². The quantitative estimate of drug-likeness (QED) is 0.514. The van der Waals surface area contributed by atoms with Crippen LogP contribution in [0.25, 0.3) is 0 Å². The van der Waals surface area contributed by atoms with Crippen LogP contribution in [0.4, 0.5) is 16.2 Å². The Morgan fingerprint density at radius 3 is 2.38 bits per heavy atom. The Bertz CT molecular complexity index is 1060. The number of ether oxygens (including phenoxy) is 1. The number of carbonyl (C=O) groups is 1. The monoisotopic (exact) mass is 469 g/mol. The van der Waals surface area contributed by atoms with E-state index < -0.39 is 16.2 Å². The zero-order valence-corrected chi connectivity index (χ0v) is 21.1. The number of benzene rings is 1. The summed E-state index contributed by atoms with van der Waals surface area (Å²) in [4.78, 5) is 12.9. The number of amides is 2. The van der Waals surface area contributed by atoms with Crippen molar-refractivity contribution in [1.29, 1.82) is 0 Å². The fourth-order valence-electron chi connectivity index (χ4n) is 5.10. The van der Waals surface area contributed by atoms with Crippen molar-refractivity contribution >= 4 is 27.6 Å². The molecule has 0 radical (unpaired) electrons. The maximum Gasteiger partial charge on any atom is 1.00 e. The first-order chi connectivity index (χ1) is 15.0. The molecule has 0 bridgehead atoms. The molecule has 168 valence electrons. The minimum atomic E-state index is -4.14. The number of carbonyl (C=O) groups excluding carboxylic acids is 1. The molecule has 0 spiro atoms. The van der Waals surface area contributed by atoms with Crippen LogP contribution in [-0.4, -0.2) is 43.9 Å². The van der Waals surface area contributed by atoms with Crippen molar-refractivity contribution in [3.05, 3.63) is 40.7 Å². The van der Waals surface area contributed by atoms with Gasteiger partial charge in [0.15, 0.2) is 0 Å². The van der Waals surface area contributed by atoms with Gasteiger partial charge in [-0.2, -0.15) is 13.5 Å². The molecule has 3 aliphatic rings. The normalized spacial score (nSPS) is 17.9. The fourth-order valence-corrected chi connectivity index (χ4v) is 6.47. The Morgan fingerprint density at radius 2 is 1.78 bits per heavy atom. The molecule has 1 aromatic carbocycles. The molecule has 0 atom stereocenters. The number of nitrogens with one attached hydrogen (secondary N) is 3. The number of aromatic nitrogens is 2. The van der Waals surface area contributed by atoms with Crippen LogP contribution in [0.3, 0.4) is 0 Å². The number of aromatic amines is 1. The summed E-state index contributed by atoms with van der Waals surface area (Å²) in [7, 11) is -4.14. The molecule has 32 heavy (non-hydrogen) atoms. The zero-order valence-electron chi connectivity index (χ0n) is 19.3. The predicted octanol–water partition coefficient (Wildman–Crippen LogP) is -0.444. The third-order valence-corrected chi connectivity index (χ3v) is 7.92. The van der Waals surface area contributed by atoms with Crippen LogP contribution < -0.4 is 43.9 Å². The van der Waals surface area contributed by atoms with E-state index in [4.69, 9.17) is 4.74 Å². The van der Waals surface area contributed by atoms with Gasteiger partial charge in [-0.25, -0.2) is 13.8 Å². The maximum atomic E-state index is 13.3. The Labute approximate surface area is 211 Å². The molecule has 5 rings (SSSR count). The first-order valence-corrected chi connectivity index (χ1v) is 12.3. The number of fused-ring (bicyclic) bond motifs is 2. The molecule has 3 N–H and O–H groups in total. The molecule has 2 heterocycles. The van der Waals surface area contributed by atoms with Gasteiger partial charge in [-0.3, -0.25) is 5.10 Å². The van der Waals surface area contributed by atoms with Crippen LogP contribution in [-0.2, 0) is 40.6 Å². The molecule has 1 saturated heterocycles. The maximum absolute atomic E-state index is 13.3. The third kappa shape index (κ3) is 4.56. The van der Waals surface area contributed by atoms with Gasteiger partial charge < -0.3 is 11.5 Å². The first kappa shape index (κ1) is 23.6. The van der Waals surface area contributed by atoms with Crippen LogP contribution in [0.2, 0.25) is 0 Å². The summed E-state index contributed by atoms with van der Waals surface area (Å²) in [5.41, 5.74) is 6.08. The number of aryl methyl sites for hydroxylation is 2. The van der Waals surface area contributed by atoms with Crippen molar-refractivity contribution in [2.75, 3.05) is 22.8 Å². The van der Waals surface area contributed by atoms with Gasteiger partial charge in [-0.05, 0) is 73.6 Å². The Balaban J connectivity index is 0.00000153. The number of nitrogens with zero attached hydrogens (tertiary/aromatic N) is 2. The van der Waals surface area contributed by atoms with Gasteiger partial charge in [-0.1, -0.05) is 6.07 Å². The largest absolute Gasteiger partial charge is 1.00 e. The van der Waals surface area contributed by atoms with Gasteiger partial charge in [-0.15, -0.1) is 0 Å². The van der Waals surface area contributed by atoms with Crippen molar-refractivity contribution in [3.8, 4) is 0 Å². The van der Waals surface area contributed by atoms with E-state index in [1.807, 2.05) is 0 Å². The Hall–Kier alpha value is -1.59. The number of H-pyrrole nitrogens is 1. The van der Waals surface area contributed by atoms with Crippen molar-refractivity contribution in [3.63, 3.8) is 0 Å². The van der Waals surface area contributed by atoms with E-state index in [0.29, 0.717) is 31.7 Å². The van der Waals surface area contributed by atoms with Crippen LogP contribution in [0.15, 0.2) is 18.5 Å². The average Bonchev–Trinajstić information content (AvgIpc) is 3.50. The third-order valence-electron chi connectivity index (χ3n) is 6.45. The summed E-state index contributed by atoms with van der Waals surface area (Å²) in [5, 5.41) is 9.44. The molecular weight excluding hydrogens is 441 g/mol. The Morgan fingerprint density at radius 1 is 1.12 bits per heavy atom. The van der Waals surface area contributed by atoms with Gasteiger partial charge in [0, 0.05) is 25.1 Å². The number of anilines is 2. The van der Waals surface area contributed by atoms with E-state index in [1.165, 1.54) is 27.8 Å². The number of hydrogen-bond acceptors (Lipinski definition) is 5. The average molecular weight is 470 g/mol. The first-order valence-electron chi connectivity index (χ1n) is 10.9. The van der Waals surface area contributed by atoms with Crippen LogP contribution in [0, 0.1) is 0 Å². The minimum absolute atomic E-state index is 0. The van der Waals surface area contributed by atoms with Crippen LogP contribution in [0.1, 0.15) is 49.4 Å². The molecule has 0 saturated carbocycles. The van der Waals surface area contributed by atoms with Crippen molar-refractivity contribution in [2.45, 2.75) is 57.4 Å². The summed E-state index contributed by atoms with van der Waals surface area (Å²) in [6, 6.07) is 1.24. The molecule has 1 aromatic heterocycles. The van der Waals surface area contributed by atoms with Gasteiger partial charge in [0.2, 0.25) is 0 Å². The van der Waals surface area contributed by atoms with E-state index >= 15 is 0 Å². The van der Waals surface area contributed by atoms with Gasteiger partial charge in [0.25, 0.3) is 0 Å². The molecular formula is C21H28N5NaO4S. The second kappa shape index (κ2) is 9.72. The van der Waals surface area contributed by atoms with Crippen molar-refractivity contribution in [1.82, 2.24) is 14.9 Å². The molecule has 2 amide bonds. The molecule has 1 aliphatic heterocycles. The van der Waals surface area contributed by atoms with Crippen molar-refractivity contribution < 1.29 is 48.9 Å². The summed E-state index contributed by atoms with van der Waals surface area (Å²) in [5.74, 6) is 0. The summed E-state index contributed by atoms with van der Waals surface area (Å²) < 4.78 is 35.4. The van der Waals surface area contributed by atoms with E-state index in [0.717, 1.165) is 55.3 Å². The SMILES string of the molecule is O=C(Nc1c2c(cc3c1CCC3)CCC2)NS(=O)(=O)N(c1cn[nH]c1)C1CCOCC1.[H-].[Na+].